The summed E-state index contributed by atoms with van der Waals surface area (Å²) in [7, 11) is 0. The third-order valence-electron chi connectivity index (χ3n) is 7.76. The van der Waals surface area contributed by atoms with Gasteiger partial charge in [-0.2, -0.15) is 0 Å². The second-order valence-electron chi connectivity index (χ2n) is 11.7. The zero-order chi connectivity index (χ0) is 25.3. The summed E-state index contributed by atoms with van der Waals surface area (Å²) in [6.45, 7) is 14.6. The molecule has 4 unspecified atom stereocenters. The topological polar surface area (TPSA) is 52.6 Å². The van der Waals surface area contributed by atoms with Gasteiger partial charge in [0.1, 0.15) is 0 Å². The Balaban J connectivity index is 2.17. The molecular weight excluding hydrogens is 424 g/mol. The van der Waals surface area contributed by atoms with E-state index in [1.165, 1.54) is 51.4 Å². The molecule has 0 aromatic heterocycles. The molecule has 0 bridgehead atoms. The summed E-state index contributed by atoms with van der Waals surface area (Å²) < 4.78 is 11.3. The maximum absolute atomic E-state index is 12.5. The molecule has 1 fully saturated rings. The van der Waals surface area contributed by atoms with Crippen LogP contribution in [0, 0.1) is 35.5 Å². The largest absolute Gasteiger partial charge is 0.465 e. The van der Waals surface area contributed by atoms with Gasteiger partial charge in [-0.3, -0.25) is 9.59 Å². The molecule has 0 saturated heterocycles. The molecule has 0 aromatic rings. The van der Waals surface area contributed by atoms with Gasteiger partial charge in [-0.05, 0) is 62.2 Å². The van der Waals surface area contributed by atoms with Gasteiger partial charge < -0.3 is 9.47 Å². The first-order chi connectivity index (χ1) is 16.3. The lowest BCUT2D eigenvalue weighted by atomic mass is 9.82. The lowest BCUT2D eigenvalue weighted by Gasteiger charge is -2.26. The Hall–Kier alpha value is -1.06. The number of esters is 2. The predicted octanol–water partition coefficient (Wildman–Crippen LogP) is 8.36. The summed E-state index contributed by atoms with van der Waals surface area (Å²) in [5.41, 5.74) is 0. The van der Waals surface area contributed by atoms with Gasteiger partial charge in [0.15, 0.2) is 0 Å². The minimum Gasteiger partial charge on any atom is -0.465 e. The Morgan fingerprint density at radius 3 is 1.24 bits per heavy atom. The average Bonchev–Trinajstić information content (AvgIpc) is 2.81. The van der Waals surface area contributed by atoms with Gasteiger partial charge in [-0.15, -0.1) is 0 Å². The summed E-state index contributed by atoms with van der Waals surface area (Å²) in [4.78, 5) is 25.0. The van der Waals surface area contributed by atoms with Crippen LogP contribution in [0.5, 0.6) is 0 Å². The van der Waals surface area contributed by atoms with Gasteiger partial charge in [0.25, 0.3) is 0 Å². The first kappa shape index (κ1) is 31.0. The van der Waals surface area contributed by atoms with Crippen LogP contribution in [0.2, 0.25) is 0 Å². The Bertz CT molecular complexity index is 490. The summed E-state index contributed by atoms with van der Waals surface area (Å²) >= 11 is 0. The van der Waals surface area contributed by atoms with E-state index in [0.29, 0.717) is 25.0 Å². The number of ether oxygens (including phenoxy) is 2. The van der Waals surface area contributed by atoms with Crippen LogP contribution in [0.3, 0.4) is 0 Å². The molecule has 4 nitrogen and oxygen atoms in total. The van der Waals surface area contributed by atoms with Crippen LogP contribution >= 0.6 is 0 Å². The maximum Gasteiger partial charge on any atom is 0.308 e. The second kappa shape index (κ2) is 18.2. The van der Waals surface area contributed by atoms with Crippen molar-refractivity contribution in [1.82, 2.24) is 0 Å². The van der Waals surface area contributed by atoms with Crippen molar-refractivity contribution in [2.45, 2.75) is 131 Å². The van der Waals surface area contributed by atoms with Crippen LogP contribution in [-0.2, 0) is 19.1 Å². The second-order valence-corrected chi connectivity index (χ2v) is 11.7. The number of hydrogen-bond acceptors (Lipinski definition) is 4. The van der Waals surface area contributed by atoms with E-state index in [4.69, 9.17) is 9.47 Å². The number of carbonyl (C=O) groups is 2. The molecular formula is C30H56O4. The van der Waals surface area contributed by atoms with Gasteiger partial charge in [-0.25, -0.2) is 0 Å². The zero-order valence-corrected chi connectivity index (χ0v) is 23.4. The maximum atomic E-state index is 12.5. The van der Waals surface area contributed by atoms with Gasteiger partial charge in [0.05, 0.1) is 25.0 Å². The van der Waals surface area contributed by atoms with Crippen LogP contribution in [0.1, 0.15) is 131 Å². The van der Waals surface area contributed by atoms with E-state index in [9.17, 15) is 9.59 Å². The molecule has 0 amide bonds. The van der Waals surface area contributed by atoms with E-state index in [-0.39, 0.29) is 23.8 Å². The molecule has 0 spiro atoms. The molecule has 0 aromatic carbocycles. The van der Waals surface area contributed by atoms with Gasteiger partial charge in [0.2, 0.25) is 0 Å². The van der Waals surface area contributed by atoms with Gasteiger partial charge in [0, 0.05) is 0 Å². The summed E-state index contributed by atoms with van der Waals surface area (Å²) in [6, 6.07) is 0. The van der Waals surface area contributed by atoms with E-state index < -0.39 is 0 Å². The number of hydrogen-bond donors (Lipinski definition) is 0. The summed E-state index contributed by atoms with van der Waals surface area (Å²) in [6.07, 6.45) is 15.3. The number of carbonyl (C=O) groups excluding carboxylic acids is 2. The van der Waals surface area contributed by atoms with Crippen molar-refractivity contribution >= 4 is 11.9 Å². The summed E-state index contributed by atoms with van der Waals surface area (Å²) in [5.74, 6) is 2.19. The van der Waals surface area contributed by atoms with Crippen LogP contribution in [0.15, 0.2) is 0 Å². The minimum absolute atomic E-state index is 0.0511. The third-order valence-corrected chi connectivity index (χ3v) is 7.76. The fourth-order valence-corrected chi connectivity index (χ4v) is 5.32. The van der Waals surface area contributed by atoms with Crippen LogP contribution in [-0.4, -0.2) is 25.2 Å². The van der Waals surface area contributed by atoms with Crippen LogP contribution in [0.25, 0.3) is 0 Å². The van der Waals surface area contributed by atoms with Crippen molar-refractivity contribution in [2.75, 3.05) is 13.2 Å². The lowest BCUT2D eigenvalue weighted by Crippen LogP contribution is -2.29. The summed E-state index contributed by atoms with van der Waals surface area (Å²) in [5, 5.41) is 0. The van der Waals surface area contributed by atoms with E-state index >= 15 is 0 Å². The van der Waals surface area contributed by atoms with Crippen molar-refractivity contribution in [3.63, 3.8) is 0 Å². The highest BCUT2D eigenvalue weighted by atomic mass is 16.5. The highest BCUT2D eigenvalue weighted by Crippen LogP contribution is 2.31. The molecule has 0 N–H and O–H groups in total. The van der Waals surface area contributed by atoms with Gasteiger partial charge >= 0.3 is 11.9 Å². The van der Waals surface area contributed by atoms with E-state index in [1.807, 2.05) is 0 Å². The quantitative estimate of drug-likeness (QED) is 0.185. The van der Waals surface area contributed by atoms with Crippen molar-refractivity contribution < 1.29 is 19.1 Å². The molecule has 1 rings (SSSR count). The molecule has 1 aliphatic rings. The SMILES string of the molecule is CCCC(C)CCCC(C)COC(=O)C1CCC(C(=O)OCC(C)CCCC(C)CCC)CC1. The first-order valence-electron chi connectivity index (χ1n) is 14.6. The molecule has 4 heteroatoms. The Labute approximate surface area is 211 Å². The molecule has 0 radical (unpaired) electrons. The van der Waals surface area contributed by atoms with Crippen molar-refractivity contribution in [2.24, 2.45) is 35.5 Å². The molecule has 4 atom stereocenters. The zero-order valence-electron chi connectivity index (χ0n) is 23.4. The smallest absolute Gasteiger partial charge is 0.308 e. The normalized spacial score (nSPS) is 21.9. The fourth-order valence-electron chi connectivity index (χ4n) is 5.32. The van der Waals surface area contributed by atoms with Crippen molar-refractivity contribution in [3.8, 4) is 0 Å². The molecule has 200 valence electrons. The number of rotatable bonds is 18. The minimum atomic E-state index is -0.0658. The molecule has 0 aliphatic heterocycles. The monoisotopic (exact) mass is 480 g/mol. The van der Waals surface area contributed by atoms with Crippen molar-refractivity contribution in [3.05, 3.63) is 0 Å². The van der Waals surface area contributed by atoms with E-state index in [2.05, 4.69) is 41.5 Å². The van der Waals surface area contributed by atoms with Crippen LogP contribution < -0.4 is 0 Å². The fraction of sp³-hybridized carbons (Fsp3) is 0.933. The predicted molar refractivity (Wildman–Crippen MR) is 142 cm³/mol. The van der Waals surface area contributed by atoms with E-state index in [1.54, 1.807) is 0 Å². The van der Waals surface area contributed by atoms with E-state index in [0.717, 1.165) is 50.4 Å². The molecule has 0 heterocycles. The lowest BCUT2D eigenvalue weighted by molar-refractivity contribution is -0.156. The highest BCUT2D eigenvalue weighted by Gasteiger charge is 2.32. The standard InChI is InChI=1S/C30H56O4/c1-7-11-23(3)13-9-15-25(5)21-33-29(31)27-17-19-28(20-18-27)30(32)34-22-26(6)16-10-14-24(4)12-8-2/h23-28H,7-22H2,1-6H3. The first-order valence-corrected chi connectivity index (χ1v) is 14.6. The third kappa shape index (κ3) is 13.7. The molecule has 1 saturated carbocycles. The Morgan fingerprint density at radius 2 is 0.912 bits per heavy atom. The molecule has 34 heavy (non-hydrogen) atoms. The molecule has 1 aliphatic carbocycles. The Morgan fingerprint density at radius 1 is 0.588 bits per heavy atom. The highest BCUT2D eigenvalue weighted by molar-refractivity contribution is 5.75. The van der Waals surface area contributed by atoms with Crippen molar-refractivity contribution in [1.29, 1.82) is 0 Å². The van der Waals surface area contributed by atoms with Gasteiger partial charge in [-0.1, -0.05) is 92.9 Å². The average molecular weight is 481 g/mol. The Kier molecular flexibility index (Phi) is 16.6. The van der Waals surface area contributed by atoms with Crippen LogP contribution in [0.4, 0.5) is 0 Å².